The van der Waals surface area contributed by atoms with Gasteiger partial charge in [-0.15, -0.1) is 0 Å². The summed E-state index contributed by atoms with van der Waals surface area (Å²) in [6, 6.07) is 2.23. The average molecular weight is 414 g/mol. The van der Waals surface area contributed by atoms with Crippen molar-refractivity contribution in [2.24, 2.45) is 11.3 Å². The molecule has 0 atom stereocenters. The zero-order valence-electron chi connectivity index (χ0n) is 19.0. The minimum Gasteiger partial charge on any atom is -0.453 e. The third-order valence-electron chi connectivity index (χ3n) is 8.12. The number of aromatic nitrogens is 1. The van der Waals surface area contributed by atoms with Gasteiger partial charge in [-0.25, -0.2) is 4.79 Å². The number of ether oxygens (including phenoxy) is 1. The maximum absolute atomic E-state index is 13.0. The molecule has 3 aliphatic rings. The van der Waals surface area contributed by atoms with Crippen LogP contribution in [0.3, 0.4) is 0 Å². The predicted octanol–water partition coefficient (Wildman–Crippen LogP) is 4.05. The average Bonchev–Trinajstić information content (AvgIpc) is 2.68. The third kappa shape index (κ3) is 3.58. The van der Waals surface area contributed by atoms with Crippen molar-refractivity contribution in [1.29, 1.82) is 0 Å². The van der Waals surface area contributed by atoms with Crippen LogP contribution in [0.5, 0.6) is 0 Å². The molecule has 2 saturated carbocycles. The van der Waals surface area contributed by atoms with Gasteiger partial charge in [0.25, 0.3) is 0 Å². The molecule has 1 aliphatic heterocycles. The van der Waals surface area contributed by atoms with Gasteiger partial charge >= 0.3 is 6.09 Å². The van der Waals surface area contributed by atoms with Gasteiger partial charge in [0.15, 0.2) is 0 Å². The Labute approximate surface area is 180 Å². The first kappa shape index (κ1) is 21.1. The SMILES string of the molecule is COC(=O)N(C)[C@]1(C)C[C@H](C(=O)N2CCC3(CC2)CC(c2ncc(C)cc2C)C3)C1. The molecule has 2 amide bonds. The molecular weight excluding hydrogens is 378 g/mol. The van der Waals surface area contributed by atoms with Crippen molar-refractivity contribution >= 4 is 12.0 Å². The van der Waals surface area contributed by atoms with Crippen LogP contribution in [0.25, 0.3) is 0 Å². The second-order valence-corrected chi connectivity index (χ2v) is 10.3. The van der Waals surface area contributed by atoms with E-state index in [0.717, 1.165) is 38.8 Å². The lowest BCUT2D eigenvalue weighted by atomic mass is 9.56. The van der Waals surface area contributed by atoms with E-state index >= 15 is 0 Å². The van der Waals surface area contributed by atoms with Crippen LogP contribution in [0.2, 0.25) is 0 Å². The monoisotopic (exact) mass is 413 g/mol. The molecule has 1 aromatic heterocycles. The number of amides is 2. The number of hydrogen-bond donors (Lipinski definition) is 0. The maximum atomic E-state index is 13.0. The second kappa shape index (κ2) is 7.54. The van der Waals surface area contributed by atoms with Gasteiger partial charge in [-0.1, -0.05) is 6.07 Å². The first-order valence-electron chi connectivity index (χ1n) is 11.2. The number of aryl methyl sites for hydroxylation is 2. The summed E-state index contributed by atoms with van der Waals surface area (Å²) in [6.45, 7) is 8.04. The summed E-state index contributed by atoms with van der Waals surface area (Å²) in [5.41, 5.74) is 3.94. The molecule has 0 radical (unpaired) electrons. The van der Waals surface area contributed by atoms with Crippen LogP contribution in [-0.2, 0) is 9.53 Å². The number of piperidine rings is 1. The Kier molecular flexibility index (Phi) is 5.31. The Morgan fingerprint density at radius 1 is 1.17 bits per heavy atom. The molecule has 0 aromatic carbocycles. The van der Waals surface area contributed by atoms with Crippen LogP contribution in [0, 0.1) is 25.2 Å². The molecule has 6 nitrogen and oxygen atoms in total. The number of pyridine rings is 1. The molecule has 164 valence electrons. The smallest absolute Gasteiger partial charge is 0.409 e. The lowest BCUT2D eigenvalue weighted by molar-refractivity contribution is -0.147. The molecule has 2 heterocycles. The van der Waals surface area contributed by atoms with Gasteiger partial charge in [0.05, 0.1) is 7.11 Å². The van der Waals surface area contributed by atoms with Gasteiger partial charge < -0.3 is 14.5 Å². The van der Waals surface area contributed by atoms with E-state index in [-0.39, 0.29) is 23.5 Å². The fraction of sp³-hybridized carbons (Fsp3) is 0.708. The van der Waals surface area contributed by atoms with E-state index in [4.69, 9.17) is 9.72 Å². The van der Waals surface area contributed by atoms with E-state index in [1.54, 1.807) is 11.9 Å². The van der Waals surface area contributed by atoms with Gasteiger partial charge in [-0.3, -0.25) is 9.78 Å². The highest BCUT2D eigenvalue weighted by molar-refractivity contribution is 5.81. The number of hydrogen-bond acceptors (Lipinski definition) is 4. The standard InChI is InChI=1S/C24H35N3O3/c1-16-10-17(2)20(25-15-16)18-13-24(14-18)6-8-27(9-7-24)21(28)19-11-23(3,12-19)26(4)22(29)30-5/h10,15,18-19H,6-9,11-14H2,1-5H3/t19-,23+. The normalized spacial score (nSPS) is 27.9. The third-order valence-corrected chi connectivity index (χ3v) is 8.12. The Bertz CT molecular complexity index is 830. The molecule has 2 aliphatic carbocycles. The number of rotatable bonds is 3. The molecule has 1 saturated heterocycles. The molecule has 4 rings (SSSR count). The quantitative estimate of drug-likeness (QED) is 0.750. The van der Waals surface area contributed by atoms with Gasteiger partial charge in [0, 0.05) is 49.4 Å². The lowest BCUT2D eigenvalue weighted by Gasteiger charge is -2.54. The van der Waals surface area contributed by atoms with Crippen molar-refractivity contribution in [3.05, 3.63) is 29.1 Å². The van der Waals surface area contributed by atoms with E-state index < -0.39 is 0 Å². The van der Waals surface area contributed by atoms with Crippen LogP contribution >= 0.6 is 0 Å². The van der Waals surface area contributed by atoms with Crippen molar-refractivity contribution in [2.75, 3.05) is 27.2 Å². The zero-order chi connectivity index (χ0) is 21.7. The van der Waals surface area contributed by atoms with Crippen molar-refractivity contribution in [3.63, 3.8) is 0 Å². The summed E-state index contributed by atoms with van der Waals surface area (Å²) in [5, 5.41) is 0. The van der Waals surface area contributed by atoms with E-state index in [1.807, 2.05) is 13.1 Å². The van der Waals surface area contributed by atoms with Crippen LogP contribution in [-0.4, -0.2) is 59.6 Å². The van der Waals surface area contributed by atoms with Crippen LogP contribution in [0.4, 0.5) is 4.79 Å². The van der Waals surface area contributed by atoms with Crippen molar-refractivity contribution in [3.8, 4) is 0 Å². The molecule has 0 unspecified atom stereocenters. The van der Waals surface area contributed by atoms with Crippen molar-refractivity contribution in [2.45, 2.75) is 70.8 Å². The first-order chi connectivity index (χ1) is 14.2. The molecule has 3 fully saturated rings. The molecule has 6 heteroatoms. The number of carbonyl (C=O) groups excluding carboxylic acids is 2. The minimum atomic E-state index is -0.332. The number of nitrogens with zero attached hydrogens (tertiary/aromatic N) is 3. The number of carbonyl (C=O) groups is 2. The predicted molar refractivity (Wildman–Crippen MR) is 115 cm³/mol. The minimum absolute atomic E-state index is 0.0321. The van der Waals surface area contributed by atoms with Crippen LogP contribution in [0.15, 0.2) is 12.3 Å². The summed E-state index contributed by atoms with van der Waals surface area (Å²) < 4.78 is 4.83. The van der Waals surface area contributed by atoms with Crippen LogP contribution in [0.1, 0.15) is 68.2 Å². The van der Waals surface area contributed by atoms with Gasteiger partial charge in [0.2, 0.25) is 5.91 Å². The highest BCUT2D eigenvalue weighted by atomic mass is 16.5. The summed E-state index contributed by atoms with van der Waals surface area (Å²) in [4.78, 5) is 33.2. The van der Waals surface area contributed by atoms with E-state index in [2.05, 4.69) is 24.8 Å². The first-order valence-corrected chi connectivity index (χ1v) is 11.2. The number of methoxy groups -OCH3 is 1. The fourth-order valence-corrected chi connectivity index (χ4v) is 6.01. The fourth-order valence-electron chi connectivity index (χ4n) is 6.01. The van der Waals surface area contributed by atoms with E-state index in [1.165, 1.54) is 36.8 Å². The Morgan fingerprint density at radius 2 is 1.80 bits per heavy atom. The largest absolute Gasteiger partial charge is 0.453 e. The van der Waals surface area contributed by atoms with Gasteiger partial charge in [0.1, 0.15) is 0 Å². The molecule has 1 spiro atoms. The van der Waals surface area contributed by atoms with Gasteiger partial charge in [-0.05, 0) is 75.8 Å². The summed E-state index contributed by atoms with van der Waals surface area (Å²) in [6.07, 6.45) is 7.71. The lowest BCUT2D eigenvalue weighted by Crippen LogP contribution is -2.60. The summed E-state index contributed by atoms with van der Waals surface area (Å²) >= 11 is 0. The Hall–Kier alpha value is -2.11. The number of likely N-dealkylation sites (tertiary alicyclic amines) is 1. The maximum Gasteiger partial charge on any atom is 0.409 e. The van der Waals surface area contributed by atoms with E-state index in [0.29, 0.717) is 11.3 Å². The Balaban J connectivity index is 1.27. The molecular formula is C24H35N3O3. The van der Waals surface area contributed by atoms with Gasteiger partial charge in [-0.2, -0.15) is 0 Å². The highest BCUT2D eigenvalue weighted by Gasteiger charge is 2.52. The molecule has 30 heavy (non-hydrogen) atoms. The van der Waals surface area contributed by atoms with Crippen molar-refractivity contribution < 1.29 is 14.3 Å². The molecule has 1 aromatic rings. The molecule has 0 N–H and O–H groups in total. The van der Waals surface area contributed by atoms with E-state index in [9.17, 15) is 9.59 Å². The highest BCUT2D eigenvalue weighted by Crippen LogP contribution is 2.57. The topological polar surface area (TPSA) is 62.7 Å². The Morgan fingerprint density at radius 3 is 2.37 bits per heavy atom. The summed E-state index contributed by atoms with van der Waals surface area (Å²) in [5.74, 6) is 0.881. The zero-order valence-corrected chi connectivity index (χ0v) is 19.0. The molecule has 0 bridgehead atoms. The van der Waals surface area contributed by atoms with Crippen LogP contribution < -0.4 is 0 Å². The summed E-state index contributed by atoms with van der Waals surface area (Å²) in [7, 11) is 3.16. The second-order valence-electron chi connectivity index (χ2n) is 10.3. The van der Waals surface area contributed by atoms with Crippen molar-refractivity contribution in [1.82, 2.24) is 14.8 Å².